The molecule has 0 aromatic rings. The lowest BCUT2D eigenvalue weighted by atomic mass is 9.73. The Morgan fingerprint density at radius 3 is 2.54 bits per heavy atom. The quantitative estimate of drug-likeness (QED) is 0.316. The minimum Gasteiger partial charge on any atom is -0.123 e. The van der Waals surface area contributed by atoms with Gasteiger partial charge in [0.15, 0.2) is 0 Å². The van der Waals surface area contributed by atoms with E-state index < -0.39 is 0 Å². The number of alkyl halides is 1. The highest BCUT2D eigenvalue weighted by molar-refractivity contribution is 6.21. The lowest BCUT2D eigenvalue weighted by molar-refractivity contribution is 0.209. The van der Waals surface area contributed by atoms with Crippen LogP contribution < -0.4 is 0 Å². The molecule has 0 radical (unpaired) electrons. The summed E-state index contributed by atoms with van der Waals surface area (Å²) in [4.78, 5) is 0. The molecular weight excluding hydrogens is 180 g/mol. The standard InChI is InChI=1S/C12H15Cl/c13-10-5-8-4-9(10)12-7-2-1-6(3-7)11(8)12/h1-2,6-12H,3-5H2/t6-,7-,8+,9+,10-,11+,12+/m0/s1. The second-order valence-corrected chi connectivity index (χ2v) is 6.07. The van der Waals surface area contributed by atoms with Crippen LogP contribution in [0.5, 0.6) is 0 Å². The van der Waals surface area contributed by atoms with E-state index in [1.165, 1.54) is 19.3 Å². The smallest absolute Gasteiger partial charge is 0.0370 e. The molecule has 7 atom stereocenters. The summed E-state index contributed by atoms with van der Waals surface area (Å²) in [6, 6.07) is 0. The second kappa shape index (κ2) is 2.16. The second-order valence-electron chi connectivity index (χ2n) is 5.51. The van der Waals surface area contributed by atoms with Gasteiger partial charge in [-0.2, -0.15) is 0 Å². The van der Waals surface area contributed by atoms with Crippen LogP contribution in [-0.4, -0.2) is 5.38 Å². The summed E-state index contributed by atoms with van der Waals surface area (Å²) in [5.74, 6) is 5.81. The summed E-state index contributed by atoms with van der Waals surface area (Å²) in [5.41, 5.74) is 0. The summed E-state index contributed by atoms with van der Waals surface area (Å²) < 4.78 is 0. The van der Waals surface area contributed by atoms with Crippen LogP contribution in [-0.2, 0) is 0 Å². The van der Waals surface area contributed by atoms with Crippen molar-refractivity contribution < 1.29 is 0 Å². The van der Waals surface area contributed by atoms with Crippen LogP contribution in [0.3, 0.4) is 0 Å². The van der Waals surface area contributed by atoms with E-state index in [0.29, 0.717) is 5.38 Å². The monoisotopic (exact) mass is 194 g/mol. The lowest BCUT2D eigenvalue weighted by Gasteiger charge is -2.34. The van der Waals surface area contributed by atoms with Crippen LogP contribution >= 0.6 is 11.6 Å². The Kier molecular flexibility index (Phi) is 1.22. The Labute approximate surface area is 84.3 Å². The molecule has 0 amide bonds. The molecule has 0 aliphatic heterocycles. The zero-order chi connectivity index (χ0) is 8.58. The molecule has 0 heterocycles. The van der Waals surface area contributed by atoms with Gasteiger partial charge in [-0.1, -0.05) is 12.2 Å². The van der Waals surface area contributed by atoms with E-state index in [-0.39, 0.29) is 0 Å². The van der Waals surface area contributed by atoms with Gasteiger partial charge in [0.1, 0.15) is 0 Å². The van der Waals surface area contributed by atoms with E-state index in [0.717, 1.165) is 35.5 Å². The van der Waals surface area contributed by atoms with Crippen LogP contribution in [0.1, 0.15) is 19.3 Å². The molecule has 4 bridgehead atoms. The highest BCUT2D eigenvalue weighted by Crippen LogP contribution is 2.66. The van der Waals surface area contributed by atoms with Crippen LogP contribution in [0, 0.1) is 35.5 Å². The Balaban J connectivity index is 1.79. The summed E-state index contributed by atoms with van der Waals surface area (Å²) in [5, 5.41) is 0.527. The van der Waals surface area contributed by atoms with E-state index in [9.17, 15) is 0 Å². The molecule has 0 unspecified atom stereocenters. The van der Waals surface area contributed by atoms with Crippen LogP contribution in [0.25, 0.3) is 0 Å². The summed E-state index contributed by atoms with van der Waals surface area (Å²) in [7, 11) is 0. The van der Waals surface area contributed by atoms with Gasteiger partial charge in [0.05, 0.1) is 0 Å². The predicted molar refractivity (Wildman–Crippen MR) is 53.6 cm³/mol. The van der Waals surface area contributed by atoms with Crippen LogP contribution in [0.15, 0.2) is 12.2 Å². The number of hydrogen-bond donors (Lipinski definition) is 0. The number of rotatable bonds is 0. The van der Waals surface area contributed by atoms with Gasteiger partial charge in [-0.25, -0.2) is 0 Å². The third kappa shape index (κ3) is 0.719. The SMILES string of the molecule is Cl[C@H]1C[C@H]2C[C@H]1[C@@H]1[C@@H]2[C@H]2C=C[C@H]1C2. The first-order valence-corrected chi connectivity index (χ1v) is 6.10. The van der Waals surface area contributed by atoms with Crippen LogP contribution in [0.2, 0.25) is 0 Å². The van der Waals surface area contributed by atoms with Crippen molar-refractivity contribution in [1.29, 1.82) is 0 Å². The molecule has 13 heavy (non-hydrogen) atoms. The van der Waals surface area contributed by atoms with Crippen molar-refractivity contribution in [2.45, 2.75) is 24.6 Å². The van der Waals surface area contributed by atoms with Gasteiger partial charge < -0.3 is 0 Å². The molecule has 0 aromatic heterocycles. The van der Waals surface area contributed by atoms with Crippen molar-refractivity contribution in [2.75, 3.05) is 0 Å². The van der Waals surface area contributed by atoms with Crippen molar-refractivity contribution >= 4 is 11.6 Å². The zero-order valence-corrected chi connectivity index (χ0v) is 8.45. The van der Waals surface area contributed by atoms with Crippen molar-refractivity contribution in [3.05, 3.63) is 12.2 Å². The van der Waals surface area contributed by atoms with Gasteiger partial charge in [-0.05, 0) is 54.8 Å². The summed E-state index contributed by atoms with van der Waals surface area (Å²) >= 11 is 6.39. The van der Waals surface area contributed by atoms with Crippen molar-refractivity contribution in [3.8, 4) is 0 Å². The number of halogens is 1. The minimum atomic E-state index is 0.527. The van der Waals surface area contributed by atoms with Gasteiger partial charge in [0.25, 0.3) is 0 Å². The number of hydrogen-bond acceptors (Lipinski definition) is 0. The Morgan fingerprint density at radius 2 is 1.69 bits per heavy atom. The first-order valence-electron chi connectivity index (χ1n) is 5.67. The molecule has 3 fully saturated rings. The first-order chi connectivity index (χ1) is 6.34. The average Bonchev–Trinajstić information content (AvgIpc) is 2.78. The van der Waals surface area contributed by atoms with E-state index in [4.69, 9.17) is 11.6 Å². The average molecular weight is 195 g/mol. The van der Waals surface area contributed by atoms with Gasteiger partial charge in [-0.15, -0.1) is 11.6 Å². The molecule has 70 valence electrons. The molecule has 0 nitrogen and oxygen atoms in total. The molecule has 4 aliphatic carbocycles. The summed E-state index contributed by atoms with van der Waals surface area (Å²) in [6.45, 7) is 0. The van der Waals surface area contributed by atoms with Gasteiger partial charge in [-0.3, -0.25) is 0 Å². The molecular formula is C12H15Cl. The van der Waals surface area contributed by atoms with Gasteiger partial charge in [0, 0.05) is 5.38 Å². The highest BCUT2D eigenvalue weighted by Gasteiger charge is 2.60. The van der Waals surface area contributed by atoms with Gasteiger partial charge >= 0.3 is 0 Å². The molecule has 0 N–H and O–H groups in total. The lowest BCUT2D eigenvalue weighted by Crippen LogP contribution is -2.31. The maximum Gasteiger partial charge on any atom is 0.0370 e. The maximum absolute atomic E-state index is 6.39. The normalized spacial score (nSPS) is 66.4. The van der Waals surface area contributed by atoms with Crippen molar-refractivity contribution in [3.63, 3.8) is 0 Å². The summed E-state index contributed by atoms with van der Waals surface area (Å²) in [6.07, 6.45) is 9.22. The van der Waals surface area contributed by atoms with Crippen LogP contribution in [0.4, 0.5) is 0 Å². The van der Waals surface area contributed by atoms with Gasteiger partial charge in [0.2, 0.25) is 0 Å². The predicted octanol–water partition coefficient (Wildman–Crippen LogP) is 3.07. The molecule has 0 aromatic carbocycles. The minimum absolute atomic E-state index is 0.527. The van der Waals surface area contributed by atoms with E-state index >= 15 is 0 Å². The topological polar surface area (TPSA) is 0 Å². The Hall–Kier alpha value is 0.0300. The fraction of sp³-hybridized carbons (Fsp3) is 0.833. The third-order valence-corrected chi connectivity index (χ3v) is 5.69. The van der Waals surface area contributed by atoms with Crippen molar-refractivity contribution in [2.24, 2.45) is 35.5 Å². The third-order valence-electron chi connectivity index (χ3n) is 5.19. The zero-order valence-electron chi connectivity index (χ0n) is 7.70. The fourth-order valence-electron chi connectivity index (χ4n) is 4.94. The number of allylic oxidation sites excluding steroid dienone is 2. The van der Waals surface area contributed by atoms with E-state index in [1.807, 2.05) is 0 Å². The number of fused-ring (bicyclic) bond motifs is 9. The molecule has 0 spiro atoms. The Bertz CT molecular complexity index is 283. The first kappa shape index (κ1) is 7.34. The molecule has 4 rings (SSSR count). The largest absolute Gasteiger partial charge is 0.123 e. The molecule has 4 aliphatic rings. The molecule has 1 heteroatoms. The molecule has 3 saturated carbocycles. The van der Waals surface area contributed by atoms with E-state index in [1.54, 1.807) is 0 Å². The highest BCUT2D eigenvalue weighted by atomic mass is 35.5. The van der Waals surface area contributed by atoms with Crippen molar-refractivity contribution in [1.82, 2.24) is 0 Å². The Morgan fingerprint density at radius 1 is 0.923 bits per heavy atom. The van der Waals surface area contributed by atoms with E-state index in [2.05, 4.69) is 12.2 Å². The molecule has 0 saturated heterocycles. The fourth-order valence-corrected chi connectivity index (χ4v) is 5.44. The maximum atomic E-state index is 6.39.